The van der Waals surface area contributed by atoms with E-state index in [1.165, 1.54) is 25.7 Å². The zero-order chi connectivity index (χ0) is 18.2. The van der Waals surface area contributed by atoms with Gasteiger partial charge in [0.25, 0.3) is 0 Å². The molecule has 0 radical (unpaired) electrons. The smallest absolute Gasteiger partial charge is 0.315 e. The number of hydrogen-bond donors (Lipinski definition) is 2. The predicted molar refractivity (Wildman–Crippen MR) is 103 cm³/mol. The van der Waals surface area contributed by atoms with Gasteiger partial charge in [0.1, 0.15) is 0 Å². The minimum atomic E-state index is 0.00984. The number of carbonyl (C=O) groups excluding carboxylic acids is 2. The van der Waals surface area contributed by atoms with Crippen LogP contribution in [0.4, 0.5) is 4.79 Å². The highest BCUT2D eigenvalue weighted by atomic mass is 16.2. The maximum atomic E-state index is 12.3. The molecular formula is C20H36N4O2. The van der Waals surface area contributed by atoms with Crippen LogP contribution in [0.15, 0.2) is 0 Å². The Morgan fingerprint density at radius 1 is 0.731 bits per heavy atom. The summed E-state index contributed by atoms with van der Waals surface area (Å²) in [4.78, 5) is 28.8. The summed E-state index contributed by atoms with van der Waals surface area (Å²) >= 11 is 0. The summed E-state index contributed by atoms with van der Waals surface area (Å²) in [5.41, 5.74) is 0. The lowest BCUT2D eigenvalue weighted by atomic mass is 9.96. The van der Waals surface area contributed by atoms with Crippen molar-refractivity contribution in [3.05, 3.63) is 0 Å². The number of nitrogens with one attached hydrogen (secondary N) is 2. The first-order valence-corrected chi connectivity index (χ1v) is 10.8. The largest absolute Gasteiger partial charge is 0.343 e. The van der Waals surface area contributed by atoms with E-state index in [1.54, 1.807) is 0 Å². The van der Waals surface area contributed by atoms with Gasteiger partial charge in [-0.15, -0.1) is 0 Å². The second kappa shape index (κ2) is 10.1. The number of amides is 3. The third-order valence-corrected chi connectivity index (χ3v) is 6.21. The fourth-order valence-corrected chi connectivity index (χ4v) is 4.52. The van der Waals surface area contributed by atoms with E-state index >= 15 is 0 Å². The van der Waals surface area contributed by atoms with Crippen LogP contribution < -0.4 is 10.6 Å². The van der Waals surface area contributed by atoms with Crippen LogP contribution in [0.5, 0.6) is 0 Å². The molecule has 0 aromatic rings. The second-order valence-electron chi connectivity index (χ2n) is 8.26. The summed E-state index contributed by atoms with van der Waals surface area (Å²) in [5, 5.41) is 6.29. The second-order valence-corrected chi connectivity index (χ2v) is 8.26. The highest BCUT2D eigenvalue weighted by Crippen LogP contribution is 2.17. The molecular weight excluding hydrogens is 328 g/mol. The molecule has 26 heavy (non-hydrogen) atoms. The molecule has 6 heteroatoms. The van der Waals surface area contributed by atoms with Crippen molar-refractivity contribution in [3.8, 4) is 0 Å². The van der Waals surface area contributed by atoms with Crippen molar-refractivity contribution in [2.45, 2.75) is 82.7 Å². The number of nitrogens with zero attached hydrogens (tertiary/aromatic N) is 2. The first-order chi connectivity index (χ1) is 12.7. The molecule has 0 spiro atoms. The van der Waals surface area contributed by atoms with E-state index in [0.717, 1.165) is 71.2 Å². The SMILES string of the molecule is O=C(NC1CCCCC1)NC1CCN(CCC(=O)N2CCCCC2)CC1. The van der Waals surface area contributed by atoms with Gasteiger partial charge in [-0.25, -0.2) is 4.79 Å². The van der Waals surface area contributed by atoms with E-state index in [1.807, 2.05) is 4.90 Å². The van der Waals surface area contributed by atoms with E-state index in [9.17, 15) is 9.59 Å². The zero-order valence-corrected chi connectivity index (χ0v) is 16.2. The third-order valence-electron chi connectivity index (χ3n) is 6.21. The van der Waals surface area contributed by atoms with Crippen LogP contribution in [0, 0.1) is 0 Å². The van der Waals surface area contributed by atoms with Crippen LogP contribution in [0.25, 0.3) is 0 Å². The molecule has 0 aromatic heterocycles. The molecule has 1 saturated carbocycles. The van der Waals surface area contributed by atoms with Gasteiger partial charge in [0.05, 0.1) is 0 Å². The Hall–Kier alpha value is -1.30. The van der Waals surface area contributed by atoms with Gasteiger partial charge >= 0.3 is 6.03 Å². The average molecular weight is 365 g/mol. The molecule has 2 N–H and O–H groups in total. The standard InChI is InChI=1S/C20H36N4O2/c25-19(24-12-5-2-6-13-24)11-16-23-14-9-18(10-15-23)22-20(26)21-17-7-3-1-4-8-17/h17-18H,1-16H2,(H2,21,22,26). The molecule has 1 aliphatic carbocycles. The minimum Gasteiger partial charge on any atom is -0.343 e. The van der Waals surface area contributed by atoms with E-state index in [4.69, 9.17) is 0 Å². The van der Waals surface area contributed by atoms with Crippen molar-refractivity contribution in [1.82, 2.24) is 20.4 Å². The third kappa shape index (κ3) is 6.15. The van der Waals surface area contributed by atoms with Crippen molar-refractivity contribution < 1.29 is 9.59 Å². The van der Waals surface area contributed by atoms with Crippen molar-refractivity contribution in [2.24, 2.45) is 0 Å². The fourth-order valence-electron chi connectivity index (χ4n) is 4.52. The van der Waals surface area contributed by atoms with Gasteiger partial charge in [-0.2, -0.15) is 0 Å². The van der Waals surface area contributed by atoms with Gasteiger partial charge in [-0.3, -0.25) is 4.79 Å². The highest BCUT2D eigenvalue weighted by molar-refractivity contribution is 5.76. The van der Waals surface area contributed by atoms with Crippen LogP contribution in [0.3, 0.4) is 0 Å². The number of hydrogen-bond acceptors (Lipinski definition) is 3. The molecule has 148 valence electrons. The van der Waals surface area contributed by atoms with E-state index in [0.29, 0.717) is 18.4 Å². The molecule has 3 rings (SSSR count). The summed E-state index contributed by atoms with van der Waals surface area (Å²) in [7, 11) is 0. The summed E-state index contributed by atoms with van der Waals surface area (Å²) in [6, 6.07) is 0.646. The lowest BCUT2D eigenvalue weighted by Gasteiger charge is -2.33. The van der Waals surface area contributed by atoms with Crippen molar-refractivity contribution in [1.29, 1.82) is 0 Å². The van der Waals surface area contributed by atoms with Crippen molar-refractivity contribution in [2.75, 3.05) is 32.7 Å². The predicted octanol–water partition coefficient (Wildman–Crippen LogP) is 2.49. The first-order valence-electron chi connectivity index (χ1n) is 10.8. The van der Waals surface area contributed by atoms with Gasteiger partial charge in [-0.1, -0.05) is 19.3 Å². The Morgan fingerprint density at radius 2 is 1.31 bits per heavy atom. The Labute approximate surface area is 158 Å². The summed E-state index contributed by atoms with van der Waals surface area (Å²) < 4.78 is 0. The lowest BCUT2D eigenvalue weighted by molar-refractivity contribution is -0.132. The van der Waals surface area contributed by atoms with Gasteiger partial charge in [-0.05, 0) is 44.9 Å². The van der Waals surface area contributed by atoms with Crippen molar-refractivity contribution in [3.63, 3.8) is 0 Å². The molecule has 0 aromatic carbocycles. The minimum absolute atomic E-state index is 0.00984. The molecule has 3 amide bonds. The monoisotopic (exact) mass is 364 g/mol. The first kappa shape index (κ1) is 19.5. The van der Waals surface area contributed by atoms with Crippen LogP contribution in [0.1, 0.15) is 70.6 Å². The van der Waals surface area contributed by atoms with Crippen LogP contribution >= 0.6 is 0 Å². The van der Waals surface area contributed by atoms with Gasteiger partial charge < -0.3 is 20.4 Å². The molecule has 3 fully saturated rings. The van der Waals surface area contributed by atoms with Crippen molar-refractivity contribution >= 4 is 11.9 Å². The Balaban J connectivity index is 1.28. The Kier molecular flexibility index (Phi) is 7.59. The van der Waals surface area contributed by atoms with Crippen LogP contribution in [-0.2, 0) is 4.79 Å². The highest BCUT2D eigenvalue weighted by Gasteiger charge is 2.23. The molecule has 2 heterocycles. The lowest BCUT2D eigenvalue weighted by Crippen LogP contribution is -2.50. The van der Waals surface area contributed by atoms with Gasteiger partial charge in [0.2, 0.25) is 5.91 Å². The molecule has 0 unspecified atom stereocenters. The number of piperidine rings is 2. The van der Waals surface area contributed by atoms with E-state index < -0.39 is 0 Å². The summed E-state index contributed by atoms with van der Waals surface area (Å²) in [6.45, 7) is 4.70. The number of carbonyl (C=O) groups is 2. The molecule has 0 bridgehead atoms. The zero-order valence-electron chi connectivity index (χ0n) is 16.2. The number of rotatable bonds is 5. The molecule has 3 aliphatic rings. The summed E-state index contributed by atoms with van der Waals surface area (Å²) in [6.07, 6.45) is 12.2. The maximum Gasteiger partial charge on any atom is 0.315 e. The van der Waals surface area contributed by atoms with Gasteiger partial charge in [0, 0.05) is 51.2 Å². The molecule has 2 saturated heterocycles. The number of likely N-dealkylation sites (tertiary alicyclic amines) is 2. The van der Waals surface area contributed by atoms with Gasteiger partial charge in [0.15, 0.2) is 0 Å². The molecule has 2 aliphatic heterocycles. The fraction of sp³-hybridized carbons (Fsp3) is 0.900. The quantitative estimate of drug-likeness (QED) is 0.788. The topological polar surface area (TPSA) is 64.7 Å². The number of urea groups is 1. The molecule has 0 atom stereocenters. The van der Waals surface area contributed by atoms with E-state index in [2.05, 4.69) is 15.5 Å². The summed E-state index contributed by atoms with van der Waals surface area (Å²) in [5.74, 6) is 0.316. The van der Waals surface area contributed by atoms with Crippen LogP contribution in [0.2, 0.25) is 0 Å². The van der Waals surface area contributed by atoms with E-state index in [-0.39, 0.29) is 12.1 Å². The Bertz CT molecular complexity index is 451. The normalized spacial score (nSPS) is 23.6. The molecule has 6 nitrogen and oxygen atoms in total. The maximum absolute atomic E-state index is 12.3. The average Bonchev–Trinajstić information content (AvgIpc) is 2.68. The van der Waals surface area contributed by atoms with Crippen LogP contribution in [-0.4, -0.2) is 66.5 Å². The Morgan fingerprint density at radius 3 is 1.96 bits per heavy atom.